The Morgan fingerprint density at radius 3 is 2.62 bits per heavy atom. The van der Waals surface area contributed by atoms with Crippen LogP contribution in [0, 0.1) is 6.92 Å². The Bertz CT molecular complexity index is 1130. The first kappa shape index (κ1) is 18.1. The summed E-state index contributed by atoms with van der Waals surface area (Å²) in [7, 11) is 0. The molecule has 0 aliphatic heterocycles. The fourth-order valence-corrected chi connectivity index (χ4v) is 4.34. The van der Waals surface area contributed by atoms with Gasteiger partial charge in [0, 0.05) is 34.9 Å². The van der Waals surface area contributed by atoms with E-state index in [9.17, 15) is 0 Å². The van der Waals surface area contributed by atoms with Gasteiger partial charge in [0.15, 0.2) is 0 Å². The number of aryl methyl sites for hydroxylation is 2. The van der Waals surface area contributed by atoms with Crippen LogP contribution in [0.2, 0.25) is 0 Å². The third kappa shape index (κ3) is 3.45. The molecule has 0 fully saturated rings. The zero-order chi connectivity index (χ0) is 19.8. The molecule has 2 atom stereocenters. The number of rotatable bonds is 4. The normalized spacial score (nSPS) is 17.2. The molecule has 0 bridgehead atoms. The molecule has 0 amide bonds. The predicted molar refractivity (Wildman–Crippen MR) is 116 cm³/mol. The van der Waals surface area contributed by atoms with Crippen LogP contribution < -0.4 is 5.32 Å². The van der Waals surface area contributed by atoms with E-state index in [-0.39, 0.29) is 12.1 Å². The summed E-state index contributed by atoms with van der Waals surface area (Å²) in [5, 5.41) is 5.01. The Morgan fingerprint density at radius 1 is 1.03 bits per heavy atom. The first-order valence-electron chi connectivity index (χ1n) is 10.3. The lowest BCUT2D eigenvalue weighted by Gasteiger charge is -2.26. The Morgan fingerprint density at radius 2 is 1.83 bits per heavy atom. The molecule has 1 aliphatic carbocycles. The van der Waals surface area contributed by atoms with E-state index in [1.165, 1.54) is 22.9 Å². The van der Waals surface area contributed by atoms with Crippen molar-refractivity contribution in [2.24, 2.45) is 0 Å². The van der Waals surface area contributed by atoms with Crippen molar-refractivity contribution in [1.29, 1.82) is 0 Å². The van der Waals surface area contributed by atoms with E-state index < -0.39 is 0 Å². The van der Waals surface area contributed by atoms with Crippen LogP contribution in [0.15, 0.2) is 65.3 Å². The molecule has 0 saturated heterocycles. The van der Waals surface area contributed by atoms with Gasteiger partial charge in [-0.1, -0.05) is 36.4 Å². The van der Waals surface area contributed by atoms with Crippen LogP contribution in [0.4, 0.5) is 0 Å². The molecule has 2 heterocycles. The molecule has 29 heavy (non-hydrogen) atoms. The summed E-state index contributed by atoms with van der Waals surface area (Å²) in [5.41, 5.74) is 5.79. The average molecular weight is 383 g/mol. The number of benzene rings is 2. The van der Waals surface area contributed by atoms with Gasteiger partial charge in [0.05, 0.1) is 6.04 Å². The molecule has 4 nitrogen and oxygen atoms in total. The highest BCUT2D eigenvalue weighted by molar-refractivity contribution is 5.87. The second-order valence-corrected chi connectivity index (χ2v) is 7.92. The minimum absolute atomic E-state index is 0.243. The van der Waals surface area contributed by atoms with Crippen molar-refractivity contribution in [3.05, 3.63) is 83.6 Å². The first-order valence-corrected chi connectivity index (χ1v) is 10.3. The summed E-state index contributed by atoms with van der Waals surface area (Å²) in [5.74, 6) is 1.89. The number of nitrogens with one attached hydrogen (secondary N) is 1. The quantitative estimate of drug-likeness (QED) is 0.475. The van der Waals surface area contributed by atoms with E-state index in [0.29, 0.717) is 0 Å². The highest BCUT2D eigenvalue weighted by atomic mass is 16.3. The number of hydrogen-bond acceptors (Lipinski definition) is 4. The van der Waals surface area contributed by atoms with Crippen molar-refractivity contribution in [1.82, 2.24) is 15.3 Å². The Balaban J connectivity index is 1.49. The maximum Gasteiger partial charge on any atom is 0.134 e. The molecule has 2 aromatic heterocycles. The molecule has 4 aromatic rings. The molecule has 4 heteroatoms. The Kier molecular flexibility index (Phi) is 4.64. The van der Waals surface area contributed by atoms with Gasteiger partial charge in [-0.05, 0) is 56.4 Å². The third-order valence-corrected chi connectivity index (χ3v) is 5.92. The number of nitrogens with zero attached hydrogens (tertiary/aromatic N) is 2. The molecule has 5 rings (SSSR count). The fraction of sp³-hybridized carbons (Fsp3) is 0.280. The summed E-state index contributed by atoms with van der Waals surface area (Å²) in [4.78, 5) is 8.68. The second kappa shape index (κ2) is 7.45. The van der Waals surface area contributed by atoms with Crippen molar-refractivity contribution < 1.29 is 4.42 Å². The van der Waals surface area contributed by atoms with Crippen LogP contribution >= 0.6 is 0 Å². The van der Waals surface area contributed by atoms with E-state index in [1.807, 2.05) is 19.3 Å². The second-order valence-electron chi connectivity index (χ2n) is 7.92. The highest BCUT2D eigenvalue weighted by Crippen LogP contribution is 2.39. The maximum atomic E-state index is 6.36. The lowest BCUT2D eigenvalue weighted by atomic mass is 9.90. The van der Waals surface area contributed by atoms with Crippen molar-refractivity contribution in [3.8, 4) is 11.1 Å². The molecule has 2 aromatic carbocycles. The number of aromatic nitrogens is 2. The summed E-state index contributed by atoms with van der Waals surface area (Å²) < 4.78 is 6.36. The minimum Gasteiger partial charge on any atom is -0.459 e. The van der Waals surface area contributed by atoms with Gasteiger partial charge in [0.2, 0.25) is 0 Å². The Labute approximate surface area is 171 Å². The standard InChI is InChI=1S/C25H25N3O/c1-16(18-7-4-3-5-8-18)28-23-10-6-9-21-22-13-19(11-12-24(22)29-25(21)23)20-14-26-17(2)27-15-20/h3-5,7-8,11-16,23,28H,6,9-10H2,1-2H3/t16-,23-/m1/s1. The summed E-state index contributed by atoms with van der Waals surface area (Å²) in [6, 6.07) is 17.5. The molecule has 146 valence electrons. The topological polar surface area (TPSA) is 51.0 Å². The molecule has 0 unspecified atom stereocenters. The lowest BCUT2D eigenvalue weighted by Crippen LogP contribution is -2.27. The van der Waals surface area contributed by atoms with Crippen LogP contribution in [0.25, 0.3) is 22.1 Å². The van der Waals surface area contributed by atoms with Crippen molar-refractivity contribution in [3.63, 3.8) is 0 Å². The van der Waals surface area contributed by atoms with Crippen LogP contribution in [0.1, 0.15) is 54.6 Å². The van der Waals surface area contributed by atoms with Gasteiger partial charge in [0.1, 0.15) is 17.2 Å². The van der Waals surface area contributed by atoms with Crippen LogP contribution in [-0.4, -0.2) is 9.97 Å². The van der Waals surface area contributed by atoms with Gasteiger partial charge in [-0.3, -0.25) is 0 Å². The van der Waals surface area contributed by atoms with Crippen LogP contribution in [-0.2, 0) is 6.42 Å². The zero-order valence-electron chi connectivity index (χ0n) is 16.9. The third-order valence-electron chi connectivity index (χ3n) is 5.92. The molecular formula is C25H25N3O. The van der Waals surface area contributed by atoms with E-state index in [4.69, 9.17) is 4.42 Å². The summed E-state index contributed by atoms with van der Waals surface area (Å²) >= 11 is 0. The maximum absolute atomic E-state index is 6.36. The minimum atomic E-state index is 0.243. The van der Waals surface area contributed by atoms with E-state index in [1.54, 1.807) is 0 Å². The van der Waals surface area contributed by atoms with Gasteiger partial charge >= 0.3 is 0 Å². The molecule has 0 spiro atoms. The monoisotopic (exact) mass is 383 g/mol. The number of fused-ring (bicyclic) bond motifs is 3. The van der Waals surface area contributed by atoms with E-state index >= 15 is 0 Å². The summed E-state index contributed by atoms with van der Waals surface area (Å²) in [6.45, 7) is 4.13. The summed E-state index contributed by atoms with van der Waals surface area (Å²) in [6.07, 6.45) is 7.11. The molecule has 0 saturated carbocycles. The first-order chi connectivity index (χ1) is 14.2. The van der Waals surface area contributed by atoms with E-state index in [2.05, 4.69) is 70.7 Å². The Hall–Kier alpha value is -2.98. The smallest absolute Gasteiger partial charge is 0.134 e. The molecule has 1 N–H and O–H groups in total. The van der Waals surface area contributed by atoms with Gasteiger partial charge in [-0.2, -0.15) is 0 Å². The molecular weight excluding hydrogens is 358 g/mol. The van der Waals surface area contributed by atoms with Gasteiger partial charge < -0.3 is 9.73 Å². The van der Waals surface area contributed by atoms with Crippen molar-refractivity contribution in [2.45, 2.75) is 45.2 Å². The van der Waals surface area contributed by atoms with Crippen molar-refractivity contribution in [2.75, 3.05) is 0 Å². The SMILES string of the molecule is Cc1ncc(-c2ccc3oc4c(c3c2)CCC[C@H]4N[C@H](C)c2ccccc2)cn1. The highest BCUT2D eigenvalue weighted by Gasteiger charge is 2.27. The largest absolute Gasteiger partial charge is 0.459 e. The van der Waals surface area contributed by atoms with Crippen molar-refractivity contribution >= 4 is 11.0 Å². The predicted octanol–water partition coefficient (Wildman–Crippen LogP) is 5.93. The van der Waals surface area contributed by atoms with Crippen LogP contribution in [0.5, 0.6) is 0 Å². The molecule has 0 radical (unpaired) electrons. The van der Waals surface area contributed by atoms with Crippen LogP contribution in [0.3, 0.4) is 0 Å². The average Bonchev–Trinajstić information content (AvgIpc) is 3.14. The van der Waals surface area contributed by atoms with Gasteiger partial charge in [-0.15, -0.1) is 0 Å². The van der Waals surface area contributed by atoms with E-state index in [0.717, 1.165) is 41.1 Å². The zero-order valence-corrected chi connectivity index (χ0v) is 16.9. The number of furan rings is 1. The lowest BCUT2D eigenvalue weighted by molar-refractivity contribution is 0.353. The van der Waals surface area contributed by atoms with Gasteiger partial charge in [-0.25, -0.2) is 9.97 Å². The molecule has 1 aliphatic rings. The number of hydrogen-bond donors (Lipinski definition) is 1. The fourth-order valence-electron chi connectivity index (χ4n) is 4.34. The van der Waals surface area contributed by atoms with Gasteiger partial charge in [0.25, 0.3) is 0 Å².